The van der Waals surface area contributed by atoms with Crippen LogP contribution in [0.3, 0.4) is 0 Å². The normalized spacial score (nSPS) is 12.4. The summed E-state index contributed by atoms with van der Waals surface area (Å²) in [6.07, 6.45) is -1.14. The molecule has 0 aliphatic rings. The highest BCUT2D eigenvalue weighted by molar-refractivity contribution is 7.89. The lowest BCUT2D eigenvalue weighted by Gasteiger charge is -2.24. The molecule has 1 amide bonds. The molecule has 0 aliphatic carbocycles. The maximum absolute atomic E-state index is 12.9. The Morgan fingerprint density at radius 1 is 1.00 bits per heavy atom. The van der Waals surface area contributed by atoms with Crippen LogP contribution in [-0.4, -0.2) is 33.0 Å². The van der Waals surface area contributed by atoms with Crippen molar-refractivity contribution in [3.05, 3.63) is 93.0 Å². The van der Waals surface area contributed by atoms with Crippen LogP contribution in [0.25, 0.3) is 0 Å². The number of likely N-dealkylation sites (N-methyl/N-ethyl adjacent to an activating group) is 1. The fourth-order valence-electron chi connectivity index (χ4n) is 3.50. The lowest BCUT2D eigenvalue weighted by atomic mass is 9.99. The predicted octanol–water partition coefficient (Wildman–Crippen LogP) is 4.63. The maximum atomic E-state index is 12.9. The van der Waals surface area contributed by atoms with Gasteiger partial charge in [0.15, 0.2) is 0 Å². The van der Waals surface area contributed by atoms with Gasteiger partial charge in [0.25, 0.3) is 0 Å². The molecule has 3 rings (SSSR count). The summed E-state index contributed by atoms with van der Waals surface area (Å²) in [6, 6.07) is 16.5. The van der Waals surface area contributed by atoms with Gasteiger partial charge < -0.3 is 10.0 Å². The Morgan fingerprint density at radius 3 is 2.27 bits per heavy atom. The van der Waals surface area contributed by atoms with Gasteiger partial charge in [-0.3, -0.25) is 4.79 Å². The number of hydrogen-bond donors (Lipinski definition) is 2. The zero-order chi connectivity index (χ0) is 24.3. The largest absolute Gasteiger partial charge is 0.384 e. The van der Waals surface area contributed by atoms with Crippen molar-refractivity contribution in [1.29, 1.82) is 0 Å². The van der Waals surface area contributed by atoms with Crippen LogP contribution in [0.2, 0.25) is 10.0 Å². The van der Waals surface area contributed by atoms with E-state index in [1.165, 1.54) is 11.9 Å². The number of aliphatic hydroxyl groups excluding tert-OH is 1. The van der Waals surface area contributed by atoms with E-state index in [2.05, 4.69) is 4.72 Å². The minimum absolute atomic E-state index is 0.0942. The summed E-state index contributed by atoms with van der Waals surface area (Å²) in [5.41, 5.74) is 2.81. The van der Waals surface area contributed by atoms with Gasteiger partial charge >= 0.3 is 0 Å². The fraction of sp³-hybridized carbons (Fsp3) is 0.208. The number of carbonyl (C=O) groups excluding carboxylic acids is 1. The monoisotopic (exact) mass is 506 g/mol. The second kappa shape index (κ2) is 10.2. The minimum atomic E-state index is -3.88. The third-order valence-electron chi connectivity index (χ3n) is 5.14. The Bertz CT molecular complexity index is 1280. The molecule has 0 aliphatic heterocycles. The van der Waals surface area contributed by atoms with Gasteiger partial charge in [-0.2, -0.15) is 0 Å². The van der Waals surface area contributed by atoms with Crippen LogP contribution in [0.15, 0.2) is 65.6 Å². The lowest BCUT2D eigenvalue weighted by Crippen LogP contribution is -2.38. The molecule has 33 heavy (non-hydrogen) atoms. The van der Waals surface area contributed by atoms with Crippen LogP contribution in [0.4, 0.5) is 5.69 Å². The summed E-state index contributed by atoms with van der Waals surface area (Å²) in [5.74, 6) is -0.516. The molecule has 0 radical (unpaired) electrons. The van der Waals surface area contributed by atoms with Crippen LogP contribution in [-0.2, 0) is 14.8 Å². The average molecular weight is 507 g/mol. The highest BCUT2D eigenvalue weighted by atomic mass is 35.5. The van der Waals surface area contributed by atoms with E-state index >= 15 is 0 Å². The number of amides is 1. The Kier molecular flexibility index (Phi) is 7.82. The van der Waals surface area contributed by atoms with Gasteiger partial charge in [-0.15, -0.1) is 0 Å². The number of nitrogens with one attached hydrogen (secondary N) is 1. The molecule has 0 saturated carbocycles. The van der Waals surface area contributed by atoms with E-state index in [0.29, 0.717) is 26.9 Å². The molecule has 0 saturated heterocycles. The number of anilines is 1. The summed E-state index contributed by atoms with van der Waals surface area (Å²) in [6.45, 7) is 3.14. The fourth-order valence-corrected chi connectivity index (χ4v) is 5.08. The zero-order valence-corrected chi connectivity index (χ0v) is 20.7. The van der Waals surface area contributed by atoms with Gasteiger partial charge in [0.2, 0.25) is 15.9 Å². The van der Waals surface area contributed by atoms with E-state index in [1.807, 2.05) is 6.07 Å². The minimum Gasteiger partial charge on any atom is -0.384 e. The van der Waals surface area contributed by atoms with Crippen molar-refractivity contribution in [1.82, 2.24) is 4.72 Å². The molecule has 174 valence electrons. The van der Waals surface area contributed by atoms with Gasteiger partial charge in [-0.1, -0.05) is 47.5 Å². The second-order valence-electron chi connectivity index (χ2n) is 7.73. The summed E-state index contributed by atoms with van der Waals surface area (Å²) in [5, 5.41) is 11.7. The topological polar surface area (TPSA) is 86.7 Å². The van der Waals surface area contributed by atoms with E-state index in [-0.39, 0.29) is 4.90 Å². The first-order valence-corrected chi connectivity index (χ1v) is 12.3. The first-order valence-electron chi connectivity index (χ1n) is 10.1. The Balaban J connectivity index is 1.84. The van der Waals surface area contributed by atoms with Crippen LogP contribution < -0.4 is 9.62 Å². The number of aliphatic hydroxyl groups is 1. The van der Waals surface area contributed by atoms with Crippen molar-refractivity contribution in [2.24, 2.45) is 0 Å². The Labute approximate surface area is 203 Å². The Hall–Kier alpha value is -2.42. The molecule has 9 heteroatoms. The van der Waals surface area contributed by atoms with Crippen molar-refractivity contribution in [2.45, 2.75) is 24.8 Å². The number of nitrogens with zero attached hydrogens (tertiary/aromatic N) is 1. The van der Waals surface area contributed by atoms with Gasteiger partial charge in [0, 0.05) is 33.9 Å². The van der Waals surface area contributed by atoms with Crippen molar-refractivity contribution in [3.63, 3.8) is 0 Å². The summed E-state index contributed by atoms with van der Waals surface area (Å²) < 4.78 is 27.7. The molecule has 0 aromatic heterocycles. The van der Waals surface area contributed by atoms with Gasteiger partial charge in [-0.25, -0.2) is 13.1 Å². The number of halogens is 2. The number of benzene rings is 3. The standard InChI is InChI=1S/C24H24Cl2N2O4S/c1-15-10-16(2)12-18(11-15)33(31,32)27-14-23(29)28(3)22-9-8-17(25)13-20(22)24(30)19-6-4-5-7-21(19)26/h4-13,24,27,30H,14H2,1-3H3. The molecule has 1 atom stereocenters. The molecule has 0 fully saturated rings. The number of aryl methyl sites for hydroxylation is 2. The maximum Gasteiger partial charge on any atom is 0.241 e. The number of sulfonamides is 1. The average Bonchev–Trinajstić information content (AvgIpc) is 2.76. The van der Waals surface area contributed by atoms with Crippen LogP contribution in [0.1, 0.15) is 28.4 Å². The second-order valence-corrected chi connectivity index (χ2v) is 10.3. The molecule has 6 nitrogen and oxygen atoms in total. The first kappa shape index (κ1) is 25.2. The molecular formula is C24H24Cl2N2O4S. The molecule has 3 aromatic carbocycles. The van der Waals surface area contributed by atoms with Gasteiger partial charge in [-0.05, 0) is 61.4 Å². The van der Waals surface area contributed by atoms with Crippen LogP contribution in [0.5, 0.6) is 0 Å². The molecule has 2 N–H and O–H groups in total. The third kappa shape index (κ3) is 5.93. The molecule has 0 heterocycles. The molecule has 0 bridgehead atoms. The van der Waals surface area contributed by atoms with Crippen molar-refractivity contribution < 1.29 is 18.3 Å². The number of hydrogen-bond acceptors (Lipinski definition) is 4. The molecule has 0 spiro atoms. The Morgan fingerprint density at radius 2 is 1.64 bits per heavy atom. The van der Waals surface area contributed by atoms with Crippen molar-refractivity contribution in [2.75, 3.05) is 18.5 Å². The number of carbonyl (C=O) groups is 1. The van der Waals surface area contributed by atoms with E-state index < -0.39 is 28.6 Å². The van der Waals surface area contributed by atoms with Crippen LogP contribution in [0, 0.1) is 13.8 Å². The molecular weight excluding hydrogens is 483 g/mol. The predicted molar refractivity (Wildman–Crippen MR) is 131 cm³/mol. The van der Waals surface area contributed by atoms with E-state index in [1.54, 1.807) is 68.4 Å². The van der Waals surface area contributed by atoms with Gasteiger partial charge in [0.1, 0.15) is 6.10 Å². The lowest BCUT2D eigenvalue weighted by molar-refractivity contribution is -0.117. The molecule has 1 unspecified atom stereocenters. The zero-order valence-electron chi connectivity index (χ0n) is 18.3. The highest BCUT2D eigenvalue weighted by Crippen LogP contribution is 2.35. The van der Waals surface area contributed by atoms with E-state index in [4.69, 9.17) is 23.2 Å². The van der Waals surface area contributed by atoms with E-state index in [9.17, 15) is 18.3 Å². The SMILES string of the molecule is Cc1cc(C)cc(S(=O)(=O)NCC(=O)N(C)c2ccc(Cl)cc2C(O)c2ccccc2Cl)c1. The van der Waals surface area contributed by atoms with Crippen molar-refractivity contribution >= 4 is 44.8 Å². The molecule has 3 aromatic rings. The van der Waals surface area contributed by atoms with Crippen LogP contribution >= 0.6 is 23.2 Å². The summed E-state index contributed by atoms with van der Waals surface area (Å²) in [7, 11) is -2.38. The van der Waals surface area contributed by atoms with E-state index in [0.717, 1.165) is 11.1 Å². The summed E-state index contributed by atoms with van der Waals surface area (Å²) in [4.78, 5) is 14.2. The quantitative estimate of drug-likeness (QED) is 0.488. The van der Waals surface area contributed by atoms with Crippen molar-refractivity contribution in [3.8, 4) is 0 Å². The first-order chi connectivity index (χ1) is 15.5. The number of rotatable bonds is 7. The third-order valence-corrected chi connectivity index (χ3v) is 7.10. The van der Waals surface area contributed by atoms with Gasteiger partial charge in [0.05, 0.1) is 11.4 Å². The smallest absolute Gasteiger partial charge is 0.241 e. The summed E-state index contributed by atoms with van der Waals surface area (Å²) >= 11 is 12.4. The highest BCUT2D eigenvalue weighted by Gasteiger charge is 2.24.